The fraction of sp³-hybridized carbons (Fsp3) is 0.346. The molecule has 1 aromatic heterocycles. The van der Waals surface area contributed by atoms with Crippen LogP contribution in [0.15, 0.2) is 34.9 Å². The summed E-state index contributed by atoms with van der Waals surface area (Å²) in [6, 6.07) is 10.3. The van der Waals surface area contributed by atoms with Gasteiger partial charge in [0.1, 0.15) is 5.76 Å². The Labute approximate surface area is 192 Å². The predicted octanol–water partition coefficient (Wildman–Crippen LogP) is 4.88. The molecule has 33 heavy (non-hydrogen) atoms. The minimum absolute atomic E-state index is 0.701. The van der Waals surface area contributed by atoms with Crippen molar-refractivity contribution < 1.29 is 23.5 Å². The molecule has 0 N–H and O–H groups in total. The molecule has 0 saturated carbocycles. The van der Waals surface area contributed by atoms with Crippen molar-refractivity contribution in [2.24, 2.45) is 0 Å². The summed E-state index contributed by atoms with van der Waals surface area (Å²) in [4.78, 5) is 2.41. The summed E-state index contributed by atoms with van der Waals surface area (Å²) < 4.78 is 27.8. The third kappa shape index (κ3) is 3.62. The van der Waals surface area contributed by atoms with E-state index in [1.165, 1.54) is 16.5 Å². The lowest BCUT2D eigenvalue weighted by Gasteiger charge is -2.31. The maximum atomic E-state index is 5.65. The van der Waals surface area contributed by atoms with Crippen LogP contribution in [0.3, 0.4) is 0 Å². The maximum Gasteiger partial charge on any atom is 0.161 e. The van der Waals surface area contributed by atoms with Crippen LogP contribution in [0.2, 0.25) is 0 Å². The number of aryl methyl sites for hydroxylation is 1. The molecular weight excluding hydrogens is 420 g/mol. The summed E-state index contributed by atoms with van der Waals surface area (Å²) in [5, 5.41) is 8.73. The first-order chi connectivity index (χ1) is 16.1. The maximum absolute atomic E-state index is 5.65. The Balaban J connectivity index is 1.74. The molecule has 7 nitrogen and oxygen atoms in total. The first-order valence-corrected chi connectivity index (χ1v) is 11.0. The van der Waals surface area contributed by atoms with Crippen LogP contribution >= 0.6 is 0 Å². The number of benzene rings is 3. The highest BCUT2D eigenvalue weighted by atomic mass is 16.5. The number of hydrogen-bond donors (Lipinski definition) is 0. The third-order valence-electron chi connectivity index (χ3n) is 6.47. The van der Waals surface area contributed by atoms with E-state index in [9.17, 15) is 0 Å². The summed E-state index contributed by atoms with van der Waals surface area (Å²) in [6.07, 6.45) is 0.919. The Morgan fingerprint density at radius 2 is 1.27 bits per heavy atom. The molecule has 1 aliphatic heterocycles. The molecule has 3 aromatic carbocycles. The third-order valence-corrected chi connectivity index (χ3v) is 6.47. The quantitative estimate of drug-likeness (QED) is 0.389. The van der Waals surface area contributed by atoms with Gasteiger partial charge in [0.25, 0.3) is 0 Å². The van der Waals surface area contributed by atoms with Crippen molar-refractivity contribution >= 4 is 21.5 Å². The van der Waals surface area contributed by atoms with Crippen LogP contribution in [0.4, 0.5) is 0 Å². The highest BCUT2D eigenvalue weighted by Gasteiger charge is 2.25. The van der Waals surface area contributed by atoms with E-state index in [-0.39, 0.29) is 0 Å². The normalized spacial score (nSPS) is 13.8. The topological polar surface area (TPSA) is 66.2 Å². The van der Waals surface area contributed by atoms with Crippen molar-refractivity contribution in [3.05, 3.63) is 52.9 Å². The molecule has 2 heterocycles. The number of fused-ring (bicyclic) bond motifs is 6. The van der Waals surface area contributed by atoms with E-state index >= 15 is 0 Å². The molecule has 0 spiro atoms. The van der Waals surface area contributed by atoms with Crippen LogP contribution < -0.4 is 18.9 Å². The molecule has 4 aromatic rings. The summed E-state index contributed by atoms with van der Waals surface area (Å²) in [6.45, 7) is 4.40. The number of ether oxygens (including phenoxy) is 4. The second-order valence-corrected chi connectivity index (χ2v) is 8.35. The van der Waals surface area contributed by atoms with Gasteiger partial charge >= 0.3 is 0 Å². The second kappa shape index (κ2) is 8.48. The van der Waals surface area contributed by atoms with Crippen molar-refractivity contribution in [3.63, 3.8) is 0 Å². The van der Waals surface area contributed by atoms with E-state index in [1.807, 2.05) is 13.0 Å². The zero-order chi connectivity index (χ0) is 23.1. The lowest BCUT2D eigenvalue weighted by Crippen LogP contribution is -2.30. The Hall–Kier alpha value is -3.45. The molecule has 5 rings (SSSR count). The fourth-order valence-corrected chi connectivity index (χ4v) is 4.92. The number of nitrogens with zero attached hydrogens (tertiary/aromatic N) is 2. The molecule has 0 atom stereocenters. The van der Waals surface area contributed by atoms with Gasteiger partial charge in [-0.15, -0.1) is 0 Å². The molecule has 172 valence electrons. The molecule has 7 heteroatoms. The van der Waals surface area contributed by atoms with Crippen molar-refractivity contribution in [2.45, 2.75) is 26.4 Å². The van der Waals surface area contributed by atoms with Gasteiger partial charge in [-0.3, -0.25) is 4.90 Å². The Bertz CT molecular complexity index is 1340. The first-order valence-electron chi connectivity index (χ1n) is 11.0. The van der Waals surface area contributed by atoms with E-state index in [1.54, 1.807) is 28.4 Å². The average Bonchev–Trinajstić information content (AvgIpc) is 3.26. The molecule has 0 radical (unpaired) electrons. The van der Waals surface area contributed by atoms with Gasteiger partial charge in [-0.1, -0.05) is 5.16 Å². The first kappa shape index (κ1) is 21.4. The van der Waals surface area contributed by atoms with Crippen molar-refractivity contribution in [1.29, 1.82) is 0 Å². The summed E-state index contributed by atoms with van der Waals surface area (Å²) in [5.41, 5.74) is 3.57. The van der Waals surface area contributed by atoms with Crippen LogP contribution in [0.5, 0.6) is 23.0 Å². The highest BCUT2D eigenvalue weighted by molar-refractivity contribution is 6.12. The van der Waals surface area contributed by atoms with Gasteiger partial charge in [0, 0.05) is 25.7 Å². The largest absolute Gasteiger partial charge is 0.493 e. The smallest absolute Gasteiger partial charge is 0.161 e. The van der Waals surface area contributed by atoms with Gasteiger partial charge in [-0.2, -0.15) is 0 Å². The van der Waals surface area contributed by atoms with Crippen LogP contribution in [0.1, 0.15) is 22.6 Å². The van der Waals surface area contributed by atoms with Crippen LogP contribution in [0, 0.1) is 6.92 Å². The Morgan fingerprint density at radius 3 is 1.76 bits per heavy atom. The molecule has 0 saturated heterocycles. The van der Waals surface area contributed by atoms with Gasteiger partial charge < -0.3 is 23.5 Å². The second-order valence-electron chi connectivity index (χ2n) is 8.35. The fourth-order valence-electron chi connectivity index (χ4n) is 4.92. The monoisotopic (exact) mass is 448 g/mol. The van der Waals surface area contributed by atoms with E-state index in [4.69, 9.17) is 23.5 Å². The summed E-state index contributed by atoms with van der Waals surface area (Å²) >= 11 is 0. The van der Waals surface area contributed by atoms with E-state index < -0.39 is 0 Å². The van der Waals surface area contributed by atoms with Gasteiger partial charge in [0.2, 0.25) is 0 Å². The van der Waals surface area contributed by atoms with Crippen molar-refractivity contribution in [2.75, 3.05) is 35.0 Å². The van der Waals surface area contributed by atoms with E-state index in [0.717, 1.165) is 65.2 Å². The molecule has 1 aliphatic rings. The van der Waals surface area contributed by atoms with Crippen molar-refractivity contribution in [1.82, 2.24) is 10.1 Å². The zero-order valence-electron chi connectivity index (χ0n) is 19.7. The minimum atomic E-state index is 0.701. The van der Waals surface area contributed by atoms with Crippen LogP contribution in [-0.4, -0.2) is 45.0 Å². The average molecular weight is 449 g/mol. The van der Waals surface area contributed by atoms with Crippen molar-refractivity contribution in [3.8, 4) is 23.0 Å². The number of rotatable bonds is 6. The number of hydrogen-bond acceptors (Lipinski definition) is 7. The van der Waals surface area contributed by atoms with E-state index in [0.29, 0.717) is 11.5 Å². The molecule has 0 fully saturated rings. The van der Waals surface area contributed by atoms with Crippen LogP contribution in [-0.2, 0) is 19.5 Å². The van der Waals surface area contributed by atoms with Gasteiger partial charge in [0.15, 0.2) is 23.0 Å². The predicted molar refractivity (Wildman–Crippen MR) is 127 cm³/mol. The number of methoxy groups -OCH3 is 4. The van der Waals surface area contributed by atoms with E-state index in [2.05, 4.69) is 34.3 Å². The lowest BCUT2D eigenvalue weighted by atomic mass is 9.87. The summed E-state index contributed by atoms with van der Waals surface area (Å²) in [5.74, 6) is 3.69. The molecule has 0 aliphatic carbocycles. The Morgan fingerprint density at radius 1 is 0.758 bits per heavy atom. The van der Waals surface area contributed by atoms with Gasteiger partial charge in [-0.25, -0.2) is 0 Å². The van der Waals surface area contributed by atoms with Gasteiger partial charge in [0.05, 0.1) is 34.1 Å². The Kier molecular flexibility index (Phi) is 5.50. The van der Waals surface area contributed by atoms with Gasteiger partial charge in [-0.05, 0) is 70.3 Å². The molecule has 0 amide bonds. The SMILES string of the molecule is COc1cc2c3c(c4cc(OC)c(OC)cc4c2cc1OC)CN(Cc1cc(C)on1)CC3. The highest BCUT2D eigenvalue weighted by Crippen LogP contribution is 2.44. The summed E-state index contributed by atoms with van der Waals surface area (Å²) in [7, 11) is 6.67. The molecule has 0 bridgehead atoms. The van der Waals surface area contributed by atoms with Crippen LogP contribution in [0.25, 0.3) is 21.5 Å². The number of aromatic nitrogens is 1. The zero-order valence-corrected chi connectivity index (χ0v) is 19.7. The molecule has 0 unspecified atom stereocenters. The minimum Gasteiger partial charge on any atom is -0.493 e. The lowest BCUT2D eigenvalue weighted by molar-refractivity contribution is 0.239. The molecular formula is C26H28N2O5. The standard InChI is InChI=1S/C26H28N2O5/c1-15-8-16(27-33-15)13-28-7-6-17-18-9-23(29-2)24(30-3)10-19(18)20-11-25(31-4)26(32-5)12-21(20)22(17)14-28/h8-12H,6-7,13-14H2,1-5H3.